The van der Waals surface area contributed by atoms with Crippen LogP contribution in [0.4, 0.5) is 0 Å². The average molecular weight is 287 g/mol. The van der Waals surface area contributed by atoms with Gasteiger partial charge in [0, 0.05) is 24.8 Å². The van der Waals surface area contributed by atoms with Crippen LogP contribution < -0.4 is 5.32 Å². The fourth-order valence-corrected chi connectivity index (χ4v) is 3.72. The van der Waals surface area contributed by atoms with Crippen molar-refractivity contribution in [3.05, 3.63) is 29.1 Å². The van der Waals surface area contributed by atoms with Crippen molar-refractivity contribution in [3.63, 3.8) is 0 Å². The Morgan fingerprint density at radius 2 is 2.14 bits per heavy atom. The van der Waals surface area contributed by atoms with Crippen LogP contribution in [0.2, 0.25) is 0 Å². The van der Waals surface area contributed by atoms with Gasteiger partial charge >= 0.3 is 0 Å². The zero-order chi connectivity index (χ0) is 14.8. The van der Waals surface area contributed by atoms with Crippen molar-refractivity contribution in [3.8, 4) is 0 Å². The highest BCUT2D eigenvalue weighted by Crippen LogP contribution is 2.26. The molecule has 21 heavy (non-hydrogen) atoms. The molecule has 0 spiro atoms. The molecular weight excluding hydrogens is 262 g/mol. The van der Waals surface area contributed by atoms with Crippen molar-refractivity contribution in [1.82, 2.24) is 15.2 Å². The second kappa shape index (κ2) is 6.14. The van der Waals surface area contributed by atoms with Gasteiger partial charge in [0.2, 0.25) is 0 Å². The lowest BCUT2D eigenvalue weighted by molar-refractivity contribution is 0.0650. The van der Waals surface area contributed by atoms with Crippen LogP contribution in [-0.4, -0.2) is 41.5 Å². The largest absolute Gasteiger partial charge is 0.338 e. The van der Waals surface area contributed by atoms with Crippen molar-refractivity contribution in [2.24, 2.45) is 5.92 Å². The molecule has 4 heteroatoms. The number of aromatic nitrogens is 1. The predicted molar refractivity (Wildman–Crippen MR) is 83.4 cm³/mol. The lowest BCUT2D eigenvalue weighted by Gasteiger charge is -2.36. The maximum atomic E-state index is 12.8. The number of hydrogen-bond acceptors (Lipinski definition) is 3. The normalized spacial score (nSPS) is 26.1. The van der Waals surface area contributed by atoms with Gasteiger partial charge in [-0.3, -0.25) is 9.78 Å². The van der Waals surface area contributed by atoms with E-state index in [9.17, 15) is 4.79 Å². The van der Waals surface area contributed by atoms with Gasteiger partial charge in [0.05, 0.1) is 11.3 Å². The number of likely N-dealkylation sites (tertiary alicyclic amines) is 1. The van der Waals surface area contributed by atoms with E-state index in [0.717, 1.165) is 43.0 Å². The van der Waals surface area contributed by atoms with Crippen LogP contribution in [0.15, 0.2) is 12.1 Å². The number of carbonyl (C=O) groups is 1. The SMILES string of the molecule is Cc1ccc(C(=O)N2CCCC(C3CCCN3)C2)c(C)n1. The fraction of sp³-hybridized carbons (Fsp3) is 0.647. The number of nitrogens with zero attached hydrogens (tertiary/aromatic N) is 2. The number of pyridine rings is 1. The second-order valence-corrected chi connectivity index (χ2v) is 6.44. The van der Waals surface area contributed by atoms with Gasteiger partial charge < -0.3 is 10.2 Å². The number of hydrogen-bond donors (Lipinski definition) is 1. The Labute approximate surface area is 126 Å². The number of nitrogens with one attached hydrogen (secondary N) is 1. The van der Waals surface area contributed by atoms with E-state index < -0.39 is 0 Å². The quantitative estimate of drug-likeness (QED) is 0.908. The summed E-state index contributed by atoms with van der Waals surface area (Å²) in [7, 11) is 0. The first-order chi connectivity index (χ1) is 10.1. The summed E-state index contributed by atoms with van der Waals surface area (Å²) < 4.78 is 0. The fourth-order valence-electron chi connectivity index (χ4n) is 3.72. The molecule has 1 aromatic rings. The van der Waals surface area contributed by atoms with Gasteiger partial charge in [0.1, 0.15) is 0 Å². The molecule has 1 aromatic heterocycles. The molecule has 0 radical (unpaired) electrons. The molecule has 3 heterocycles. The third kappa shape index (κ3) is 3.10. The van der Waals surface area contributed by atoms with Gasteiger partial charge in [0.25, 0.3) is 5.91 Å². The molecule has 4 nitrogen and oxygen atoms in total. The molecule has 2 saturated heterocycles. The molecule has 3 rings (SSSR count). The van der Waals surface area contributed by atoms with E-state index in [1.807, 2.05) is 30.9 Å². The van der Waals surface area contributed by atoms with E-state index >= 15 is 0 Å². The molecular formula is C17H25N3O. The van der Waals surface area contributed by atoms with Crippen LogP contribution in [-0.2, 0) is 0 Å². The highest BCUT2D eigenvalue weighted by atomic mass is 16.2. The Morgan fingerprint density at radius 3 is 2.86 bits per heavy atom. The van der Waals surface area contributed by atoms with Crippen LogP contribution in [0.5, 0.6) is 0 Å². The van der Waals surface area contributed by atoms with E-state index in [1.54, 1.807) is 0 Å². The van der Waals surface area contributed by atoms with Crippen molar-refractivity contribution in [2.75, 3.05) is 19.6 Å². The van der Waals surface area contributed by atoms with Gasteiger partial charge in [-0.1, -0.05) is 0 Å². The molecule has 2 fully saturated rings. The summed E-state index contributed by atoms with van der Waals surface area (Å²) in [6.07, 6.45) is 4.90. The zero-order valence-electron chi connectivity index (χ0n) is 13.1. The summed E-state index contributed by atoms with van der Waals surface area (Å²) >= 11 is 0. The van der Waals surface area contributed by atoms with Crippen molar-refractivity contribution in [1.29, 1.82) is 0 Å². The predicted octanol–water partition coefficient (Wildman–Crippen LogP) is 2.30. The molecule has 1 N–H and O–H groups in total. The first-order valence-electron chi connectivity index (χ1n) is 8.12. The molecule has 1 amide bonds. The Hall–Kier alpha value is -1.42. The van der Waals surface area contributed by atoms with Crippen molar-refractivity contribution in [2.45, 2.75) is 45.6 Å². The van der Waals surface area contributed by atoms with Crippen molar-refractivity contribution < 1.29 is 4.79 Å². The molecule has 2 unspecified atom stereocenters. The lowest BCUT2D eigenvalue weighted by Crippen LogP contribution is -2.46. The van der Waals surface area contributed by atoms with Crippen LogP contribution in [0.1, 0.15) is 47.4 Å². The maximum absolute atomic E-state index is 12.8. The van der Waals surface area contributed by atoms with Gasteiger partial charge in [-0.05, 0) is 64.1 Å². The molecule has 2 aliphatic rings. The van der Waals surface area contributed by atoms with E-state index in [4.69, 9.17) is 0 Å². The number of carbonyl (C=O) groups excluding carboxylic acids is 1. The number of rotatable bonds is 2. The highest BCUT2D eigenvalue weighted by Gasteiger charge is 2.31. The minimum absolute atomic E-state index is 0.155. The summed E-state index contributed by atoms with van der Waals surface area (Å²) in [5.74, 6) is 0.770. The summed E-state index contributed by atoms with van der Waals surface area (Å²) in [5.41, 5.74) is 2.58. The molecule has 0 saturated carbocycles. The monoisotopic (exact) mass is 287 g/mol. The van der Waals surface area contributed by atoms with Gasteiger partial charge in [-0.25, -0.2) is 0 Å². The summed E-state index contributed by atoms with van der Waals surface area (Å²) in [5, 5.41) is 3.59. The van der Waals surface area contributed by atoms with Crippen LogP contribution in [0, 0.1) is 19.8 Å². The zero-order valence-corrected chi connectivity index (χ0v) is 13.1. The first kappa shape index (κ1) is 14.5. The maximum Gasteiger partial charge on any atom is 0.255 e. The smallest absolute Gasteiger partial charge is 0.255 e. The number of piperidine rings is 1. The number of amides is 1. The summed E-state index contributed by atoms with van der Waals surface area (Å²) in [4.78, 5) is 19.2. The lowest BCUT2D eigenvalue weighted by atomic mass is 9.89. The first-order valence-corrected chi connectivity index (χ1v) is 8.12. The van der Waals surface area contributed by atoms with Crippen molar-refractivity contribution >= 4 is 5.91 Å². The van der Waals surface area contributed by atoms with Crippen LogP contribution >= 0.6 is 0 Å². The van der Waals surface area contributed by atoms with Gasteiger partial charge in [-0.2, -0.15) is 0 Å². The third-order valence-electron chi connectivity index (χ3n) is 4.87. The van der Waals surface area contributed by atoms with E-state index in [2.05, 4.69) is 10.3 Å². The number of aryl methyl sites for hydroxylation is 2. The van der Waals surface area contributed by atoms with E-state index in [-0.39, 0.29) is 5.91 Å². The standard InChI is InChI=1S/C17H25N3O/c1-12-7-8-15(13(2)19-12)17(21)20-10-4-5-14(11-20)16-6-3-9-18-16/h7-8,14,16,18H,3-6,9-11H2,1-2H3. The Bertz CT molecular complexity index is 523. The minimum Gasteiger partial charge on any atom is -0.338 e. The average Bonchev–Trinajstić information content (AvgIpc) is 3.01. The molecule has 2 aliphatic heterocycles. The van der Waals surface area contributed by atoms with Crippen LogP contribution in [0.3, 0.4) is 0 Å². The minimum atomic E-state index is 0.155. The summed E-state index contributed by atoms with van der Waals surface area (Å²) in [6, 6.07) is 4.47. The van der Waals surface area contributed by atoms with Gasteiger partial charge in [-0.15, -0.1) is 0 Å². The summed E-state index contributed by atoms with van der Waals surface area (Å²) in [6.45, 7) is 6.80. The molecule has 0 bridgehead atoms. The molecule has 114 valence electrons. The van der Waals surface area contributed by atoms with E-state index in [0.29, 0.717) is 12.0 Å². The third-order valence-corrected chi connectivity index (χ3v) is 4.87. The molecule has 0 aromatic carbocycles. The highest BCUT2D eigenvalue weighted by molar-refractivity contribution is 5.95. The second-order valence-electron chi connectivity index (χ2n) is 6.44. The van der Waals surface area contributed by atoms with Crippen LogP contribution in [0.25, 0.3) is 0 Å². The van der Waals surface area contributed by atoms with Gasteiger partial charge in [0.15, 0.2) is 0 Å². The Kier molecular flexibility index (Phi) is 4.24. The topological polar surface area (TPSA) is 45.2 Å². The molecule has 0 aliphatic carbocycles. The Balaban J connectivity index is 1.71. The Morgan fingerprint density at radius 1 is 1.29 bits per heavy atom. The van der Waals surface area contributed by atoms with E-state index in [1.165, 1.54) is 19.3 Å². The molecule has 2 atom stereocenters.